The van der Waals surface area contributed by atoms with Crippen molar-refractivity contribution >= 4 is 15.9 Å². The fourth-order valence-corrected chi connectivity index (χ4v) is 0.220. The predicted molar refractivity (Wildman–Crippen MR) is 23.6 cm³/mol. The zero-order valence-electron chi connectivity index (χ0n) is 2.74. The second kappa shape index (κ2) is 4.40. The standard InChI is InChI=1S/C2H6BrNO/c3-1-2-4-5/h4-5H,1-2H2. The highest BCUT2D eigenvalue weighted by molar-refractivity contribution is 9.09. The minimum Gasteiger partial charge on any atom is -0.317 e. The minimum atomic E-state index is 0.611. The average Bonchev–Trinajstić information content (AvgIpc) is 1.41. The molecular weight excluding hydrogens is 134 g/mol. The Hall–Kier alpha value is 0.400. The number of nitrogens with one attached hydrogen (secondary N) is 1. The van der Waals surface area contributed by atoms with Crippen LogP contribution in [0.2, 0.25) is 0 Å². The van der Waals surface area contributed by atoms with Gasteiger partial charge in [0.2, 0.25) is 0 Å². The third-order valence-electron chi connectivity index (χ3n) is 0.206. The summed E-state index contributed by atoms with van der Waals surface area (Å²) in [6.45, 7) is 0.611. The van der Waals surface area contributed by atoms with E-state index in [4.69, 9.17) is 5.21 Å². The van der Waals surface area contributed by atoms with Crippen molar-refractivity contribution < 1.29 is 5.21 Å². The van der Waals surface area contributed by atoms with E-state index in [1.807, 2.05) is 5.48 Å². The summed E-state index contributed by atoms with van der Waals surface area (Å²) in [6, 6.07) is 0. The molecule has 0 atom stereocenters. The average molecular weight is 140 g/mol. The van der Waals surface area contributed by atoms with Crippen LogP contribution in [-0.2, 0) is 0 Å². The quantitative estimate of drug-likeness (QED) is 0.428. The van der Waals surface area contributed by atoms with Gasteiger partial charge < -0.3 is 5.21 Å². The second-order valence-corrected chi connectivity index (χ2v) is 1.39. The van der Waals surface area contributed by atoms with E-state index in [-0.39, 0.29) is 0 Å². The maximum atomic E-state index is 7.79. The molecule has 0 spiro atoms. The summed E-state index contributed by atoms with van der Waals surface area (Å²) in [4.78, 5) is 0. The molecule has 2 N–H and O–H groups in total. The summed E-state index contributed by atoms with van der Waals surface area (Å²) in [6.07, 6.45) is 0. The molecule has 0 aliphatic carbocycles. The molecule has 0 unspecified atom stereocenters. The number of rotatable bonds is 2. The first-order valence-corrected chi connectivity index (χ1v) is 2.47. The Labute approximate surface area is 39.3 Å². The number of hydrogen-bond donors (Lipinski definition) is 2. The van der Waals surface area contributed by atoms with Crippen molar-refractivity contribution in [1.82, 2.24) is 5.48 Å². The van der Waals surface area contributed by atoms with Gasteiger partial charge in [-0.15, -0.1) is 0 Å². The fourth-order valence-electron chi connectivity index (χ4n) is 0.0423. The first-order chi connectivity index (χ1) is 2.41. The zero-order valence-corrected chi connectivity index (χ0v) is 4.33. The normalized spacial score (nSPS) is 8.40. The maximum absolute atomic E-state index is 7.79. The van der Waals surface area contributed by atoms with Crippen molar-refractivity contribution in [3.63, 3.8) is 0 Å². The van der Waals surface area contributed by atoms with Crippen LogP contribution < -0.4 is 5.48 Å². The van der Waals surface area contributed by atoms with Crippen LogP contribution >= 0.6 is 15.9 Å². The van der Waals surface area contributed by atoms with Gasteiger partial charge in [0.1, 0.15) is 0 Å². The summed E-state index contributed by atoms with van der Waals surface area (Å²) in [5.41, 5.74) is 1.97. The van der Waals surface area contributed by atoms with E-state index in [1.54, 1.807) is 0 Å². The molecule has 0 heterocycles. The van der Waals surface area contributed by atoms with Crippen molar-refractivity contribution in [1.29, 1.82) is 0 Å². The molecule has 5 heavy (non-hydrogen) atoms. The monoisotopic (exact) mass is 139 g/mol. The van der Waals surface area contributed by atoms with Crippen LogP contribution in [-0.4, -0.2) is 17.1 Å². The Morgan fingerprint density at radius 2 is 2.40 bits per heavy atom. The third-order valence-corrected chi connectivity index (χ3v) is 0.603. The Kier molecular flexibility index (Phi) is 4.75. The number of hydrogen-bond acceptors (Lipinski definition) is 2. The molecule has 0 aromatic rings. The highest BCUT2D eigenvalue weighted by Crippen LogP contribution is 1.70. The lowest BCUT2D eigenvalue weighted by atomic mass is 10.8. The topological polar surface area (TPSA) is 32.3 Å². The number of alkyl halides is 1. The van der Waals surface area contributed by atoms with Crippen LogP contribution in [0, 0.1) is 0 Å². The minimum absolute atomic E-state index is 0.611. The Morgan fingerprint density at radius 1 is 1.80 bits per heavy atom. The highest BCUT2D eigenvalue weighted by atomic mass is 79.9. The van der Waals surface area contributed by atoms with E-state index >= 15 is 0 Å². The third kappa shape index (κ3) is 4.40. The smallest absolute Gasteiger partial charge is 0.0304 e. The van der Waals surface area contributed by atoms with Gasteiger partial charge in [-0.05, 0) is 0 Å². The second-order valence-electron chi connectivity index (χ2n) is 0.597. The molecule has 0 fully saturated rings. The van der Waals surface area contributed by atoms with Gasteiger partial charge in [-0.25, -0.2) is 5.48 Å². The molecule has 0 radical (unpaired) electrons. The number of hydroxylamine groups is 1. The first kappa shape index (κ1) is 5.40. The number of halogens is 1. The lowest BCUT2D eigenvalue weighted by Crippen LogP contribution is -2.08. The van der Waals surface area contributed by atoms with E-state index in [0.717, 1.165) is 5.33 Å². The fraction of sp³-hybridized carbons (Fsp3) is 1.00. The van der Waals surface area contributed by atoms with Crippen LogP contribution in [0.25, 0.3) is 0 Å². The maximum Gasteiger partial charge on any atom is 0.0304 e. The molecule has 0 saturated carbocycles. The molecule has 0 aliphatic rings. The Bertz CT molecular complexity index is 17.1. The molecule has 0 aliphatic heterocycles. The van der Waals surface area contributed by atoms with Crippen LogP contribution in [0.4, 0.5) is 0 Å². The van der Waals surface area contributed by atoms with Gasteiger partial charge in [-0.3, -0.25) is 0 Å². The molecule has 0 aromatic heterocycles. The van der Waals surface area contributed by atoms with Gasteiger partial charge in [0, 0.05) is 11.9 Å². The van der Waals surface area contributed by atoms with Gasteiger partial charge in [-0.1, -0.05) is 15.9 Å². The largest absolute Gasteiger partial charge is 0.317 e. The van der Waals surface area contributed by atoms with Gasteiger partial charge in [0.05, 0.1) is 0 Å². The SMILES string of the molecule is ONCCBr. The van der Waals surface area contributed by atoms with Gasteiger partial charge >= 0.3 is 0 Å². The predicted octanol–water partition coefficient (Wildman–Crippen LogP) is 0.360. The zero-order chi connectivity index (χ0) is 4.12. The van der Waals surface area contributed by atoms with Crippen molar-refractivity contribution in [2.24, 2.45) is 0 Å². The molecule has 0 bridgehead atoms. The van der Waals surface area contributed by atoms with Crippen LogP contribution in [0.3, 0.4) is 0 Å². The summed E-state index contributed by atoms with van der Waals surface area (Å²) >= 11 is 3.09. The van der Waals surface area contributed by atoms with Crippen LogP contribution in [0.5, 0.6) is 0 Å². The molecule has 2 nitrogen and oxygen atoms in total. The lowest BCUT2D eigenvalue weighted by Gasteiger charge is -1.82. The summed E-state index contributed by atoms with van der Waals surface area (Å²) in [5, 5.41) is 8.58. The van der Waals surface area contributed by atoms with Gasteiger partial charge in [-0.2, -0.15) is 0 Å². The van der Waals surface area contributed by atoms with E-state index in [0.29, 0.717) is 6.54 Å². The van der Waals surface area contributed by atoms with E-state index < -0.39 is 0 Å². The lowest BCUT2D eigenvalue weighted by molar-refractivity contribution is 0.174. The molecule has 32 valence electrons. The molecule has 3 heteroatoms. The van der Waals surface area contributed by atoms with Gasteiger partial charge in [0.25, 0.3) is 0 Å². The molecule has 0 saturated heterocycles. The molecule has 0 amide bonds. The van der Waals surface area contributed by atoms with Crippen molar-refractivity contribution in [2.45, 2.75) is 0 Å². The van der Waals surface area contributed by atoms with Crippen molar-refractivity contribution in [2.75, 3.05) is 11.9 Å². The Morgan fingerprint density at radius 3 is 2.40 bits per heavy atom. The summed E-state index contributed by atoms with van der Waals surface area (Å²) in [5.74, 6) is 0. The summed E-state index contributed by atoms with van der Waals surface area (Å²) < 4.78 is 0. The highest BCUT2D eigenvalue weighted by Gasteiger charge is 1.68. The molecular formula is C2H6BrNO. The van der Waals surface area contributed by atoms with Crippen molar-refractivity contribution in [3.8, 4) is 0 Å². The van der Waals surface area contributed by atoms with Crippen LogP contribution in [0.1, 0.15) is 0 Å². The molecule has 0 rings (SSSR count). The van der Waals surface area contributed by atoms with E-state index in [2.05, 4.69) is 15.9 Å². The van der Waals surface area contributed by atoms with Crippen LogP contribution in [0.15, 0.2) is 0 Å². The van der Waals surface area contributed by atoms with E-state index in [1.165, 1.54) is 0 Å². The first-order valence-electron chi connectivity index (χ1n) is 1.34. The van der Waals surface area contributed by atoms with Gasteiger partial charge in [0.15, 0.2) is 0 Å². The van der Waals surface area contributed by atoms with E-state index in [9.17, 15) is 0 Å². The summed E-state index contributed by atoms with van der Waals surface area (Å²) in [7, 11) is 0. The molecule has 0 aromatic carbocycles. The Balaban J connectivity index is 2.19. The van der Waals surface area contributed by atoms with Crippen molar-refractivity contribution in [3.05, 3.63) is 0 Å².